The number of hydrogen-bond donors (Lipinski definition) is 0. The summed E-state index contributed by atoms with van der Waals surface area (Å²) in [5.41, 5.74) is 1.29. The van der Waals surface area contributed by atoms with Crippen LogP contribution in [0.2, 0.25) is 0 Å². The highest BCUT2D eigenvalue weighted by molar-refractivity contribution is 5.49. The van der Waals surface area contributed by atoms with Gasteiger partial charge in [0.2, 0.25) is 6.41 Å². The largest absolute Gasteiger partial charge is 0.395 e. The van der Waals surface area contributed by atoms with Gasteiger partial charge in [0.25, 0.3) is 0 Å². The van der Waals surface area contributed by atoms with E-state index in [-0.39, 0.29) is 5.82 Å². The normalized spacial score (nSPS) is 17.2. The minimum atomic E-state index is -4.14. The standard InChI is InChI=1S/C10H11F3.C10H17NO.C5H4FN/c1-7-3-5-9(6-4-7)8(2)10(11,12)13;12-8-11(10-6-7-10)9-4-2-1-3-5-9;6-5-2-1-3-7-4-5/h3-6,8H,1-2H3;8-10H,1-7H2;1-4H. The number of carbonyl (C=O) groups excluding carboxylic acids is 1. The molecule has 3 nitrogen and oxygen atoms in total. The summed E-state index contributed by atoms with van der Waals surface area (Å²) in [6.07, 6.45) is 8.62. The van der Waals surface area contributed by atoms with E-state index in [1.165, 1.54) is 82.5 Å². The van der Waals surface area contributed by atoms with Gasteiger partial charge in [0.15, 0.2) is 0 Å². The summed E-state index contributed by atoms with van der Waals surface area (Å²) < 4.78 is 48.6. The summed E-state index contributed by atoms with van der Waals surface area (Å²) in [5.74, 6) is -1.67. The van der Waals surface area contributed by atoms with Crippen LogP contribution in [0.25, 0.3) is 0 Å². The monoisotopic (exact) mass is 452 g/mol. The van der Waals surface area contributed by atoms with Crippen molar-refractivity contribution in [3.63, 3.8) is 0 Å². The first-order chi connectivity index (χ1) is 15.2. The molecule has 1 aromatic heterocycles. The molecule has 1 aromatic carbocycles. The first kappa shape index (κ1) is 25.8. The lowest BCUT2D eigenvalue weighted by Crippen LogP contribution is -2.37. The van der Waals surface area contributed by atoms with E-state index >= 15 is 0 Å². The Hall–Kier alpha value is -2.44. The Morgan fingerprint density at radius 3 is 2.00 bits per heavy atom. The van der Waals surface area contributed by atoms with Crippen LogP contribution < -0.4 is 0 Å². The first-order valence-corrected chi connectivity index (χ1v) is 11.1. The van der Waals surface area contributed by atoms with Crippen molar-refractivity contribution >= 4 is 6.41 Å². The second-order valence-corrected chi connectivity index (χ2v) is 8.42. The van der Waals surface area contributed by atoms with E-state index in [1.807, 2.05) is 6.92 Å². The lowest BCUT2D eigenvalue weighted by atomic mass is 9.94. The molecule has 2 aliphatic rings. The van der Waals surface area contributed by atoms with Gasteiger partial charge in [-0.15, -0.1) is 0 Å². The number of amides is 1. The Bertz CT molecular complexity index is 786. The summed E-state index contributed by atoms with van der Waals surface area (Å²) in [6.45, 7) is 3.02. The van der Waals surface area contributed by atoms with Crippen molar-refractivity contribution in [2.75, 3.05) is 0 Å². The van der Waals surface area contributed by atoms with E-state index < -0.39 is 12.1 Å². The molecule has 7 heteroatoms. The van der Waals surface area contributed by atoms with E-state index in [2.05, 4.69) is 9.88 Å². The molecule has 0 aliphatic heterocycles. The van der Waals surface area contributed by atoms with Crippen molar-refractivity contribution in [3.8, 4) is 0 Å². The maximum absolute atomic E-state index is 12.2. The summed E-state index contributed by atoms with van der Waals surface area (Å²) >= 11 is 0. The molecule has 2 aliphatic carbocycles. The van der Waals surface area contributed by atoms with E-state index in [4.69, 9.17) is 0 Å². The Kier molecular flexibility index (Phi) is 10.1. The molecule has 0 bridgehead atoms. The topological polar surface area (TPSA) is 33.2 Å². The highest BCUT2D eigenvalue weighted by Crippen LogP contribution is 2.34. The predicted molar refractivity (Wildman–Crippen MR) is 118 cm³/mol. The van der Waals surface area contributed by atoms with Crippen molar-refractivity contribution in [2.45, 2.75) is 83.0 Å². The van der Waals surface area contributed by atoms with Crippen LogP contribution in [-0.4, -0.2) is 34.6 Å². The maximum Gasteiger partial charge on any atom is 0.395 e. The summed E-state index contributed by atoms with van der Waals surface area (Å²) in [7, 11) is 0. The van der Waals surface area contributed by atoms with Gasteiger partial charge in [-0.05, 0) is 57.2 Å². The Labute approximate surface area is 187 Å². The van der Waals surface area contributed by atoms with Crippen molar-refractivity contribution < 1.29 is 22.4 Å². The van der Waals surface area contributed by atoms with Crippen LogP contribution in [0, 0.1) is 12.7 Å². The molecule has 1 atom stereocenters. The molecule has 1 heterocycles. The molecule has 0 N–H and O–H groups in total. The first-order valence-electron chi connectivity index (χ1n) is 11.1. The van der Waals surface area contributed by atoms with E-state index in [1.54, 1.807) is 18.2 Å². The number of benzene rings is 1. The van der Waals surface area contributed by atoms with Gasteiger partial charge < -0.3 is 4.90 Å². The Morgan fingerprint density at radius 1 is 1.00 bits per heavy atom. The van der Waals surface area contributed by atoms with Crippen molar-refractivity contribution in [3.05, 3.63) is 65.7 Å². The lowest BCUT2D eigenvalue weighted by molar-refractivity contribution is -0.146. The second-order valence-electron chi connectivity index (χ2n) is 8.42. The number of hydrogen-bond acceptors (Lipinski definition) is 2. The molecule has 4 rings (SSSR count). The number of rotatable bonds is 4. The molecule has 0 spiro atoms. The zero-order chi connectivity index (χ0) is 23.6. The van der Waals surface area contributed by atoms with E-state index in [9.17, 15) is 22.4 Å². The van der Waals surface area contributed by atoms with Crippen LogP contribution in [-0.2, 0) is 4.79 Å². The number of nitrogens with zero attached hydrogens (tertiary/aromatic N) is 2. The lowest BCUT2D eigenvalue weighted by Gasteiger charge is -2.31. The van der Waals surface area contributed by atoms with Gasteiger partial charge in [0, 0.05) is 18.3 Å². The van der Waals surface area contributed by atoms with Crippen LogP contribution in [0.5, 0.6) is 0 Å². The Balaban J connectivity index is 0.000000178. The van der Waals surface area contributed by atoms with Gasteiger partial charge in [-0.25, -0.2) is 4.39 Å². The molecule has 2 saturated carbocycles. The highest BCUT2D eigenvalue weighted by atomic mass is 19.4. The van der Waals surface area contributed by atoms with Crippen molar-refractivity contribution in [1.29, 1.82) is 0 Å². The summed E-state index contributed by atoms with van der Waals surface area (Å²) in [5, 5.41) is 0. The molecule has 32 heavy (non-hydrogen) atoms. The third kappa shape index (κ3) is 8.97. The molecule has 2 fully saturated rings. The maximum atomic E-state index is 12.2. The van der Waals surface area contributed by atoms with Gasteiger partial charge in [0.1, 0.15) is 5.82 Å². The van der Waals surface area contributed by atoms with Crippen LogP contribution in [0.4, 0.5) is 17.6 Å². The predicted octanol–water partition coefficient (Wildman–Crippen LogP) is 6.82. The molecule has 1 amide bonds. The number of pyridine rings is 1. The van der Waals surface area contributed by atoms with Crippen LogP contribution >= 0.6 is 0 Å². The van der Waals surface area contributed by atoms with Gasteiger partial charge in [-0.2, -0.15) is 13.2 Å². The average molecular weight is 453 g/mol. The zero-order valence-corrected chi connectivity index (χ0v) is 18.7. The van der Waals surface area contributed by atoms with Gasteiger partial charge >= 0.3 is 6.18 Å². The minimum Gasteiger partial charge on any atom is -0.339 e. The smallest absolute Gasteiger partial charge is 0.339 e. The van der Waals surface area contributed by atoms with Crippen LogP contribution in [0.3, 0.4) is 0 Å². The number of alkyl halides is 3. The molecule has 0 radical (unpaired) electrons. The number of carbonyl (C=O) groups is 1. The summed E-state index contributed by atoms with van der Waals surface area (Å²) in [6, 6.07) is 10.5. The van der Waals surface area contributed by atoms with Gasteiger partial charge in [0.05, 0.1) is 12.1 Å². The quantitative estimate of drug-likeness (QED) is 0.377. The fourth-order valence-corrected chi connectivity index (χ4v) is 3.61. The van der Waals surface area contributed by atoms with Gasteiger partial charge in [-0.3, -0.25) is 9.78 Å². The van der Waals surface area contributed by atoms with Crippen LogP contribution in [0.15, 0.2) is 48.8 Å². The molecule has 1 unspecified atom stereocenters. The molecule has 0 saturated heterocycles. The van der Waals surface area contributed by atoms with Gasteiger partial charge in [-0.1, -0.05) is 49.1 Å². The molecular formula is C25H32F4N2O. The number of aryl methyl sites for hydroxylation is 1. The molecule has 176 valence electrons. The van der Waals surface area contributed by atoms with Crippen LogP contribution in [0.1, 0.15) is 68.9 Å². The summed E-state index contributed by atoms with van der Waals surface area (Å²) in [4.78, 5) is 16.4. The third-order valence-corrected chi connectivity index (χ3v) is 5.78. The highest BCUT2D eigenvalue weighted by Gasteiger charge is 2.36. The van der Waals surface area contributed by atoms with Crippen molar-refractivity contribution in [1.82, 2.24) is 9.88 Å². The number of halogens is 4. The third-order valence-electron chi connectivity index (χ3n) is 5.78. The number of aromatic nitrogens is 1. The fourth-order valence-electron chi connectivity index (χ4n) is 3.61. The Morgan fingerprint density at radius 2 is 1.59 bits per heavy atom. The zero-order valence-electron chi connectivity index (χ0n) is 18.7. The fraction of sp³-hybridized carbons (Fsp3) is 0.520. The van der Waals surface area contributed by atoms with E-state index in [0.717, 1.165) is 12.0 Å². The minimum absolute atomic E-state index is 0.289. The van der Waals surface area contributed by atoms with E-state index in [0.29, 0.717) is 17.6 Å². The SMILES string of the molecule is Cc1ccc(C(C)C(F)(F)F)cc1.Fc1cccnc1.O=CN(C1CCCCC1)C1CC1. The molecular weight excluding hydrogens is 420 g/mol. The average Bonchev–Trinajstić information content (AvgIpc) is 3.61. The second kappa shape index (κ2) is 12.6. The molecule has 2 aromatic rings. The van der Waals surface area contributed by atoms with Crippen molar-refractivity contribution in [2.24, 2.45) is 0 Å².